The molecule has 1 amide bonds. The van der Waals surface area contributed by atoms with Gasteiger partial charge in [0.1, 0.15) is 17.4 Å². The lowest BCUT2D eigenvalue weighted by atomic mass is 9.72. The number of anilines is 1. The van der Waals surface area contributed by atoms with Crippen LogP contribution in [0.3, 0.4) is 0 Å². The van der Waals surface area contributed by atoms with Crippen molar-refractivity contribution in [1.29, 1.82) is 5.26 Å². The number of rotatable bonds is 4. The summed E-state index contributed by atoms with van der Waals surface area (Å²) in [5, 5.41) is 20.2. The third-order valence-corrected chi connectivity index (χ3v) is 6.63. The Kier molecular flexibility index (Phi) is 5.16. The monoisotopic (exact) mass is 375 g/mol. The number of aromatic nitrogens is 3. The van der Waals surface area contributed by atoms with E-state index < -0.39 is 0 Å². The van der Waals surface area contributed by atoms with Crippen LogP contribution in [0.15, 0.2) is 11.5 Å². The number of aromatic amines is 1. The van der Waals surface area contributed by atoms with Gasteiger partial charge in [0.15, 0.2) is 5.16 Å². The zero-order valence-electron chi connectivity index (χ0n) is 14.5. The van der Waals surface area contributed by atoms with Crippen molar-refractivity contribution >= 4 is 34.0 Å². The zero-order valence-corrected chi connectivity index (χ0v) is 16.2. The molecule has 0 radical (unpaired) electrons. The first-order chi connectivity index (χ1) is 11.9. The molecule has 1 atom stereocenters. The Morgan fingerprint density at radius 2 is 2.36 bits per heavy atom. The number of thiophene rings is 1. The van der Waals surface area contributed by atoms with Gasteiger partial charge >= 0.3 is 0 Å². The molecular formula is C17H21N5OS2. The summed E-state index contributed by atoms with van der Waals surface area (Å²) in [6.07, 6.45) is 4.41. The van der Waals surface area contributed by atoms with Crippen LogP contribution in [-0.2, 0) is 17.6 Å². The van der Waals surface area contributed by atoms with Crippen molar-refractivity contribution in [3.63, 3.8) is 0 Å². The maximum Gasteiger partial charge on any atom is 0.235 e. The van der Waals surface area contributed by atoms with Crippen molar-refractivity contribution in [2.24, 2.45) is 11.3 Å². The summed E-state index contributed by atoms with van der Waals surface area (Å²) in [4.78, 5) is 17.4. The highest BCUT2D eigenvalue weighted by molar-refractivity contribution is 7.99. The quantitative estimate of drug-likeness (QED) is 0.796. The SMILES string of the molecule is CC(C)(C)[C@@H]1CCc2c(sc(NC(=O)CSc3ncn[nH]3)c2C#N)C1. The highest BCUT2D eigenvalue weighted by atomic mass is 32.2. The predicted molar refractivity (Wildman–Crippen MR) is 99.7 cm³/mol. The molecule has 1 aliphatic carbocycles. The second kappa shape index (κ2) is 7.18. The van der Waals surface area contributed by atoms with Crippen LogP contribution in [-0.4, -0.2) is 26.8 Å². The standard InChI is InChI=1S/C17H21N5OS2/c1-17(2,3)10-4-5-11-12(7-18)15(25-13(11)6-10)21-14(23)8-24-16-19-9-20-22-16/h9-10H,4-6,8H2,1-3H3,(H,21,23)(H,19,20,22)/t10-/m1/s1. The van der Waals surface area contributed by atoms with Gasteiger partial charge in [0.2, 0.25) is 5.91 Å². The lowest BCUT2D eigenvalue weighted by molar-refractivity contribution is -0.113. The minimum atomic E-state index is -0.135. The third kappa shape index (κ3) is 4.05. The summed E-state index contributed by atoms with van der Waals surface area (Å²) >= 11 is 2.85. The van der Waals surface area contributed by atoms with Gasteiger partial charge in [-0.1, -0.05) is 32.5 Å². The summed E-state index contributed by atoms with van der Waals surface area (Å²) in [5.41, 5.74) is 2.03. The molecule has 2 aromatic rings. The molecule has 0 saturated heterocycles. The van der Waals surface area contributed by atoms with Crippen LogP contribution < -0.4 is 5.32 Å². The summed E-state index contributed by atoms with van der Waals surface area (Å²) in [7, 11) is 0. The van der Waals surface area contributed by atoms with Crippen LogP contribution in [0, 0.1) is 22.7 Å². The first kappa shape index (κ1) is 18.0. The molecule has 1 aliphatic rings. The van der Waals surface area contributed by atoms with E-state index in [1.54, 1.807) is 11.3 Å². The molecule has 8 heteroatoms. The van der Waals surface area contributed by atoms with Crippen LogP contribution in [0.1, 0.15) is 43.2 Å². The maximum atomic E-state index is 12.2. The normalized spacial score (nSPS) is 17.0. The molecule has 0 aliphatic heterocycles. The molecule has 0 spiro atoms. The fourth-order valence-electron chi connectivity index (χ4n) is 3.09. The number of hydrogen-bond donors (Lipinski definition) is 2. The summed E-state index contributed by atoms with van der Waals surface area (Å²) < 4.78 is 0. The van der Waals surface area contributed by atoms with Crippen molar-refractivity contribution in [2.45, 2.75) is 45.2 Å². The average molecular weight is 376 g/mol. The van der Waals surface area contributed by atoms with Gasteiger partial charge in [-0.25, -0.2) is 4.98 Å². The smallest absolute Gasteiger partial charge is 0.235 e. The van der Waals surface area contributed by atoms with Crippen LogP contribution in [0.4, 0.5) is 5.00 Å². The second-order valence-electron chi connectivity index (χ2n) is 7.25. The predicted octanol–water partition coefficient (Wildman–Crippen LogP) is 3.62. The van der Waals surface area contributed by atoms with E-state index in [9.17, 15) is 10.1 Å². The second-order valence-corrected chi connectivity index (χ2v) is 9.32. The number of nitrogens with one attached hydrogen (secondary N) is 2. The fourth-order valence-corrected chi connectivity index (χ4v) is 4.96. The van der Waals surface area contributed by atoms with Crippen molar-refractivity contribution < 1.29 is 4.79 Å². The van der Waals surface area contributed by atoms with Gasteiger partial charge < -0.3 is 5.32 Å². The molecule has 3 rings (SSSR count). The van der Waals surface area contributed by atoms with Gasteiger partial charge in [-0.15, -0.1) is 11.3 Å². The molecule has 0 bridgehead atoms. The van der Waals surface area contributed by atoms with Crippen LogP contribution in [0.2, 0.25) is 0 Å². The van der Waals surface area contributed by atoms with E-state index in [-0.39, 0.29) is 17.1 Å². The minimum Gasteiger partial charge on any atom is -0.316 e. The van der Waals surface area contributed by atoms with Crippen molar-refractivity contribution in [2.75, 3.05) is 11.1 Å². The summed E-state index contributed by atoms with van der Waals surface area (Å²) in [5.74, 6) is 0.701. The molecule has 0 saturated carbocycles. The van der Waals surface area contributed by atoms with Crippen molar-refractivity contribution in [1.82, 2.24) is 15.2 Å². The molecule has 2 aromatic heterocycles. The molecule has 132 valence electrons. The van der Waals surface area contributed by atoms with E-state index in [2.05, 4.69) is 47.3 Å². The number of carbonyl (C=O) groups excluding carboxylic acids is 1. The lowest BCUT2D eigenvalue weighted by Gasteiger charge is -2.33. The largest absolute Gasteiger partial charge is 0.316 e. The number of thioether (sulfide) groups is 1. The number of amides is 1. The molecular weight excluding hydrogens is 354 g/mol. The molecule has 0 fully saturated rings. The van der Waals surface area contributed by atoms with Crippen LogP contribution in [0.25, 0.3) is 0 Å². The zero-order chi connectivity index (χ0) is 18.0. The van der Waals surface area contributed by atoms with Gasteiger partial charge in [0, 0.05) is 4.88 Å². The van der Waals surface area contributed by atoms with E-state index in [1.165, 1.54) is 23.0 Å². The first-order valence-corrected chi connectivity index (χ1v) is 10.0. The Bertz CT molecular complexity index is 798. The molecule has 0 aromatic carbocycles. The Morgan fingerprint density at radius 1 is 1.56 bits per heavy atom. The Balaban J connectivity index is 1.71. The number of nitrogens with zero attached hydrogens (tertiary/aromatic N) is 3. The Labute approximate surface area is 155 Å². The number of carbonyl (C=O) groups is 1. The van der Waals surface area contributed by atoms with Gasteiger partial charge in [-0.3, -0.25) is 9.89 Å². The summed E-state index contributed by atoms with van der Waals surface area (Å²) in [6.45, 7) is 6.81. The van der Waals surface area contributed by atoms with Crippen LogP contribution in [0.5, 0.6) is 0 Å². The lowest BCUT2D eigenvalue weighted by Crippen LogP contribution is -2.26. The van der Waals surface area contributed by atoms with Gasteiger partial charge in [0.25, 0.3) is 0 Å². The molecule has 25 heavy (non-hydrogen) atoms. The topological polar surface area (TPSA) is 94.5 Å². The van der Waals surface area contributed by atoms with E-state index in [1.807, 2.05) is 0 Å². The van der Waals surface area contributed by atoms with Crippen LogP contribution >= 0.6 is 23.1 Å². The Hall–Kier alpha value is -1.85. The van der Waals surface area contributed by atoms with E-state index in [0.717, 1.165) is 24.8 Å². The highest BCUT2D eigenvalue weighted by Crippen LogP contribution is 2.44. The van der Waals surface area contributed by atoms with Crippen molar-refractivity contribution in [3.05, 3.63) is 22.3 Å². The van der Waals surface area contributed by atoms with Gasteiger partial charge in [-0.2, -0.15) is 10.4 Å². The fraction of sp³-hybridized carbons (Fsp3) is 0.529. The molecule has 6 nitrogen and oxygen atoms in total. The van der Waals surface area contributed by atoms with Gasteiger partial charge in [-0.05, 0) is 36.2 Å². The summed E-state index contributed by atoms with van der Waals surface area (Å²) in [6, 6.07) is 2.29. The minimum absolute atomic E-state index is 0.135. The van der Waals surface area contributed by atoms with Gasteiger partial charge in [0.05, 0.1) is 11.3 Å². The third-order valence-electron chi connectivity index (χ3n) is 4.59. The first-order valence-electron chi connectivity index (χ1n) is 8.21. The van der Waals surface area contributed by atoms with E-state index in [4.69, 9.17) is 0 Å². The number of H-pyrrole nitrogens is 1. The van der Waals surface area contributed by atoms with E-state index >= 15 is 0 Å². The van der Waals surface area contributed by atoms with E-state index in [0.29, 0.717) is 21.6 Å². The highest BCUT2D eigenvalue weighted by Gasteiger charge is 2.32. The number of hydrogen-bond acceptors (Lipinski definition) is 6. The molecule has 2 heterocycles. The maximum absolute atomic E-state index is 12.2. The average Bonchev–Trinajstić information content (AvgIpc) is 3.18. The Morgan fingerprint density at radius 3 is 3.00 bits per heavy atom. The molecule has 2 N–H and O–H groups in total. The number of fused-ring (bicyclic) bond motifs is 1. The van der Waals surface area contributed by atoms with Crippen molar-refractivity contribution in [3.8, 4) is 6.07 Å². The molecule has 0 unspecified atom stereocenters. The number of nitriles is 1.